The molecule has 4 aliphatic rings. The standard InChI is InChI=1S/C23H32O7/c1-11-9-14(25)13-10-16-22(5,30-20(13)28-11)8-7-15-21(3,4)19(29-12(2)24)17(26)18(27)23(15,16)6/h11,15-17,19,26H,7-10H2,1-6H3/t11-,15+,16-,17-,19-,22-,23+/m1/s1. The molecular formula is C23H32O7. The predicted octanol–water partition coefficient (Wildman–Crippen LogP) is 2.69. The molecule has 0 radical (unpaired) electrons. The van der Waals surface area contributed by atoms with Gasteiger partial charge in [0, 0.05) is 30.1 Å². The first-order valence-corrected chi connectivity index (χ1v) is 10.8. The fourth-order valence-electron chi connectivity index (χ4n) is 6.77. The zero-order chi connectivity index (χ0) is 22.2. The van der Waals surface area contributed by atoms with Crippen LogP contribution in [0.15, 0.2) is 11.5 Å². The molecule has 1 N–H and O–H groups in total. The van der Waals surface area contributed by atoms with Crippen molar-refractivity contribution in [2.24, 2.45) is 22.7 Å². The fourth-order valence-corrected chi connectivity index (χ4v) is 6.77. The summed E-state index contributed by atoms with van der Waals surface area (Å²) in [6, 6.07) is 0. The minimum atomic E-state index is -1.42. The third-order valence-corrected chi connectivity index (χ3v) is 8.22. The number of carbonyl (C=O) groups is 3. The molecule has 2 heterocycles. The second-order valence-electron chi connectivity index (χ2n) is 10.5. The summed E-state index contributed by atoms with van der Waals surface area (Å²) in [5.74, 6) is -0.966. The van der Waals surface area contributed by atoms with Crippen LogP contribution in [0.5, 0.6) is 0 Å². The van der Waals surface area contributed by atoms with E-state index in [0.29, 0.717) is 37.2 Å². The molecule has 0 amide bonds. The Labute approximate surface area is 177 Å². The van der Waals surface area contributed by atoms with E-state index >= 15 is 0 Å². The molecule has 0 bridgehead atoms. The Morgan fingerprint density at radius 1 is 1.13 bits per heavy atom. The highest BCUT2D eigenvalue weighted by Crippen LogP contribution is 2.64. The van der Waals surface area contributed by atoms with Crippen LogP contribution in [0.4, 0.5) is 0 Å². The van der Waals surface area contributed by atoms with Crippen molar-refractivity contribution in [3.05, 3.63) is 11.5 Å². The molecule has 0 aromatic carbocycles. The number of hydrogen-bond donors (Lipinski definition) is 1. The predicted molar refractivity (Wildman–Crippen MR) is 106 cm³/mol. The quantitative estimate of drug-likeness (QED) is 0.651. The van der Waals surface area contributed by atoms with E-state index in [9.17, 15) is 19.5 Å². The molecular weight excluding hydrogens is 388 g/mol. The average Bonchev–Trinajstić information content (AvgIpc) is 2.62. The zero-order valence-electron chi connectivity index (χ0n) is 18.6. The lowest BCUT2D eigenvalue weighted by molar-refractivity contribution is -0.239. The number of fused-ring (bicyclic) bond motifs is 3. The number of Topliss-reactive ketones (excluding diaryl/α,β-unsaturated/α-hetero) is 2. The van der Waals surface area contributed by atoms with E-state index < -0.39 is 34.6 Å². The molecule has 2 saturated carbocycles. The first kappa shape index (κ1) is 21.3. The van der Waals surface area contributed by atoms with Gasteiger partial charge in [0.2, 0.25) is 0 Å². The second-order valence-corrected chi connectivity index (χ2v) is 10.5. The number of allylic oxidation sites excluding steroid dienone is 1. The summed E-state index contributed by atoms with van der Waals surface area (Å²) in [5.41, 5.74) is -1.71. The Balaban J connectivity index is 1.78. The van der Waals surface area contributed by atoms with Gasteiger partial charge in [-0.25, -0.2) is 0 Å². The van der Waals surface area contributed by atoms with Gasteiger partial charge in [0.1, 0.15) is 17.8 Å². The second kappa shape index (κ2) is 6.55. The van der Waals surface area contributed by atoms with E-state index in [1.165, 1.54) is 6.92 Å². The number of ketones is 2. The van der Waals surface area contributed by atoms with Crippen LogP contribution in [0.1, 0.15) is 67.2 Å². The van der Waals surface area contributed by atoms with Gasteiger partial charge in [-0.2, -0.15) is 0 Å². The van der Waals surface area contributed by atoms with Crippen molar-refractivity contribution in [1.29, 1.82) is 0 Å². The van der Waals surface area contributed by atoms with Gasteiger partial charge in [-0.05, 0) is 39.0 Å². The maximum absolute atomic E-state index is 13.6. The summed E-state index contributed by atoms with van der Waals surface area (Å²) in [6.45, 7) is 10.9. The van der Waals surface area contributed by atoms with Crippen molar-refractivity contribution >= 4 is 17.5 Å². The molecule has 0 unspecified atom stereocenters. The van der Waals surface area contributed by atoms with E-state index in [0.717, 1.165) is 0 Å². The van der Waals surface area contributed by atoms with Crippen LogP contribution >= 0.6 is 0 Å². The highest BCUT2D eigenvalue weighted by molar-refractivity contribution is 5.97. The number of hydrogen-bond acceptors (Lipinski definition) is 7. The third kappa shape index (κ3) is 2.77. The zero-order valence-corrected chi connectivity index (χ0v) is 18.6. The smallest absolute Gasteiger partial charge is 0.303 e. The van der Waals surface area contributed by atoms with Gasteiger partial charge in [-0.3, -0.25) is 14.4 Å². The highest BCUT2D eigenvalue weighted by atomic mass is 16.7. The molecule has 0 aromatic rings. The fraction of sp³-hybridized carbons (Fsp3) is 0.783. The summed E-state index contributed by atoms with van der Waals surface area (Å²) in [4.78, 5) is 38.0. The van der Waals surface area contributed by atoms with Gasteiger partial charge in [-0.1, -0.05) is 20.8 Å². The lowest BCUT2D eigenvalue weighted by Gasteiger charge is -2.63. The van der Waals surface area contributed by atoms with Crippen LogP contribution in [0, 0.1) is 22.7 Å². The van der Waals surface area contributed by atoms with E-state index in [1.54, 1.807) is 0 Å². The van der Waals surface area contributed by atoms with Crippen molar-refractivity contribution in [2.75, 3.05) is 0 Å². The highest BCUT2D eigenvalue weighted by Gasteiger charge is 2.69. The summed E-state index contributed by atoms with van der Waals surface area (Å²) < 4.78 is 17.6. The number of esters is 1. The molecule has 0 aromatic heterocycles. The number of rotatable bonds is 1. The maximum Gasteiger partial charge on any atom is 0.303 e. The topological polar surface area (TPSA) is 99.1 Å². The summed E-state index contributed by atoms with van der Waals surface area (Å²) in [5, 5.41) is 10.9. The van der Waals surface area contributed by atoms with Crippen LogP contribution in [-0.4, -0.2) is 46.6 Å². The molecule has 4 rings (SSSR count). The van der Waals surface area contributed by atoms with Gasteiger partial charge < -0.3 is 19.3 Å². The number of carbonyl (C=O) groups excluding carboxylic acids is 3. The Hall–Kier alpha value is -1.89. The van der Waals surface area contributed by atoms with Gasteiger partial charge in [0.25, 0.3) is 5.95 Å². The average molecular weight is 421 g/mol. The molecule has 166 valence electrons. The van der Waals surface area contributed by atoms with Gasteiger partial charge >= 0.3 is 5.97 Å². The van der Waals surface area contributed by atoms with Crippen molar-refractivity contribution in [3.8, 4) is 0 Å². The largest absolute Gasteiger partial charge is 0.462 e. The Morgan fingerprint density at radius 2 is 1.80 bits per heavy atom. The van der Waals surface area contributed by atoms with E-state index in [-0.39, 0.29) is 29.5 Å². The Morgan fingerprint density at radius 3 is 2.43 bits per heavy atom. The molecule has 0 spiro atoms. The minimum Gasteiger partial charge on any atom is -0.462 e. The van der Waals surface area contributed by atoms with Crippen molar-refractivity contribution < 1.29 is 33.7 Å². The lowest BCUT2D eigenvalue weighted by atomic mass is 9.43. The van der Waals surface area contributed by atoms with Crippen molar-refractivity contribution in [2.45, 2.75) is 91.1 Å². The van der Waals surface area contributed by atoms with Gasteiger partial charge in [-0.15, -0.1) is 0 Å². The SMILES string of the molecule is CC(=O)O[C@@H]1[C@H](O)C(=O)[C@@]2(C)[C@@H](CC[C@@]3(C)OC4=C(C[C@@H]23)C(=O)C[C@@H](C)O4)C1(C)C. The normalized spacial score (nSPS) is 44.8. The molecule has 2 aliphatic heterocycles. The van der Waals surface area contributed by atoms with Crippen LogP contribution in [0.3, 0.4) is 0 Å². The monoisotopic (exact) mass is 420 g/mol. The molecule has 0 saturated heterocycles. The summed E-state index contributed by atoms with van der Waals surface area (Å²) >= 11 is 0. The number of ether oxygens (including phenoxy) is 3. The molecule has 30 heavy (non-hydrogen) atoms. The van der Waals surface area contributed by atoms with Gasteiger partial charge in [0.05, 0.1) is 5.57 Å². The molecule has 7 nitrogen and oxygen atoms in total. The molecule has 2 aliphatic carbocycles. The molecule has 7 atom stereocenters. The Bertz CT molecular complexity index is 842. The lowest BCUT2D eigenvalue weighted by Crippen LogP contribution is -2.70. The van der Waals surface area contributed by atoms with E-state index in [4.69, 9.17) is 14.2 Å². The molecule has 7 heteroatoms. The van der Waals surface area contributed by atoms with E-state index in [1.807, 2.05) is 34.6 Å². The summed E-state index contributed by atoms with van der Waals surface area (Å²) in [7, 11) is 0. The van der Waals surface area contributed by atoms with Gasteiger partial charge in [0.15, 0.2) is 17.7 Å². The van der Waals surface area contributed by atoms with Crippen LogP contribution in [0.25, 0.3) is 0 Å². The third-order valence-electron chi connectivity index (χ3n) is 8.22. The Kier molecular flexibility index (Phi) is 4.66. The van der Waals surface area contributed by atoms with Crippen LogP contribution in [0.2, 0.25) is 0 Å². The van der Waals surface area contributed by atoms with Crippen LogP contribution < -0.4 is 0 Å². The first-order valence-electron chi connectivity index (χ1n) is 10.8. The van der Waals surface area contributed by atoms with Crippen molar-refractivity contribution in [1.82, 2.24) is 0 Å². The van der Waals surface area contributed by atoms with Crippen molar-refractivity contribution in [3.63, 3.8) is 0 Å². The number of aliphatic hydroxyl groups excluding tert-OH is 1. The minimum absolute atomic E-state index is 0.00243. The summed E-state index contributed by atoms with van der Waals surface area (Å²) in [6.07, 6.45) is -0.505. The number of aliphatic hydroxyl groups is 1. The first-order chi connectivity index (χ1) is 13.8. The van der Waals surface area contributed by atoms with E-state index in [2.05, 4.69) is 0 Å². The van der Waals surface area contributed by atoms with Crippen LogP contribution in [-0.2, 0) is 28.6 Å². The maximum atomic E-state index is 13.6. The molecule has 2 fully saturated rings.